The van der Waals surface area contributed by atoms with Crippen LogP contribution >= 0.6 is 0 Å². The summed E-state index contributed by atoms with van der Waals surface area (Å²) in [7, 11) is 0. The van der Waals surface area contributed by atoms with Crippen LogP contribution < -0.4 is 5.32 Å². The average Bonchev–Trinajstić information content (AvgIpc) is 2.38. The van der Waals surface area contributed by atoms with E-state index in [-0.39, 0.29) is 0 Å². The number of nitrogens with zero attached hydrogens (tertiary/aromatic N) is 1. The van der Waals surface area contributed by atoms with Gasteiger partial charge in [-0.05, 0) is 49.4 Å². The van der Waals surface area contributed by atoms with Crippen molar-refractivity contribution in [1.82, 2.24) is 4.98 Å². The Morgan fingerprint density at radius 1 is 1.21 bits per heavy atom. The van der Waals surface area contributed by atoms with E-state index in [4.69, 9.17) is 0 Å². The maximum atomic E-state index is 4.50. The van der Waals surface area contributed by atoms with E-state index in [1.807, 2.05) is 12.3 Å². The number of aromatic nitrogens is 1. The smallest absolute Gasteiger partial charge is 0.0722 e. The van der Waals surface area contributed by atoms with Gasteiger partial charge in [0.05, 0.1) is 5.69 Å². The highest BCUT2D eigenvalue weighted by molar-refractivity contribution is 5.64. The van der Waals surface area contributed by atoms with E-state index in [0.717, 1.165) is 23.8 Å². The molecule has 1 heterocycles. The summed E-state index contributed by atoms with van der Waals surface area (Å²) >= 11 is 0. The van der Waals surface area contributed by atoms with Crippen LogP contribution in [0.4, 0.5) is 5.69 Å². The molecule has 19 heavy (non-hydrogen) atoms. The zero-order valence-corrected chi connectivity index (χ0v) is 11.4. The van der Waals surface area contributed by atoms with E-state index >= 15 is 0 Å². The van der Waals surface area contributed by atoms with Gasteiger partial charge in [-0.3, -0.25) is 4.98 Å². The topological polar surface area (TPSA) is 24.9 Å². The summed E-state index contributed by atoms with van der Waals surface area (Å²) < 4.78 is 0. The molecule has 2 aromatic rings. The molecule has 1 aromatic carbocycles. The van der Waals surface area contributed by atoms with Gasteiger partial charge in [0.2, 0.25) is 0 Å². The maximum Gasteiger partial charge on any atom is 0.0722 e. The van der Waals surface area contributed by atoms with Crippen molar-refractivity contribution in [2.75, 3.05) is 11.9 Å². The Hall–Kier alpha value is -1.83. The summed E-state index contributed by atoms with van der Waals surface area (Å²) in [6.07, 6.45) is 5.94. The van der Waals surface area contributed by atoms with Crippen molar-refractivity contribution in [1.29, 1.82) is 0 Å². The molecule has 1 fully saturated rings. The molecule has 1 aliphatic carbocycles. The first-order valence-corrected chi connectivity index (χ1v) is 7.17. The summed E-state index contributed by atoms with van der Waals surface area (Å²) in [4.78, 5) is 4.50. The monoisotopic (exact) mass is 252 g/mol. The highest BCUT2D eigenvalue weighted by Crippen LogP contribution is 2.37. The Balaban J connectivity index is 1.90. The Labute approximate surface area is 114 Å². The predicted octanol–water partition coefficient (Wildman–Crippen LogP) is 4.45. The van der Waals surface area contributed by atoms with Gasteiger partial charge in [-0.25, -0.2) is 0 Å². The van der Waals surface area contributed by atoms with Gasteiger partial charge >= 0.3 is 0 Å². The summed E-state index contributed by atoms with van der Waals surface area (Å²) in [6, 6.07) is 13.0. The largest absolute Gasteiger partial charge is 0.385 e. The van der Waals surface area contributed by atoms with Gasteiger partial charge in [-0.1, -0.05) is 24.6 Å². The number of hydrogen-bond donors (Lipinski definition) is 1. The molecule has 0 aliphatic heterocycles. The molecule has 1 aliphatic rings. The normalized spacial score (nSPS) is 15.0. The fourth-order valence-corrected chi connectivity index (χ4v) is 2.60. The molecule has 2 heteroatoms. The molecule has 98 valence electrons. The van der Waals surface area contributed by atoms with Crippen LogP contribution in [0.25, 0.3) is 11.3 Å². The number of nitrogens with one attached hydrogen (secondary N) is 1. The van der Waals surface area contributed by atoms with Gasteiger partial charge in [0.25, 0.3) is 0 Å². The fourth-order valence-electron chi connectivity index (χ4n) is 2.60. The standard InChI is InChI=1S/C17H20N2/c1-2-18-16-9-10-19-17(12-16)15-8-4-7-14(11-15)13-5-3-6-13/h4,7-13H,2-3,5-6H2,1H3,(H,18,19). The van der Waals surface area contributed by atoms with Gasteiger partial charge < -0.3 is 5.32 Å². The Morgan fingerprint density at radius 3 is 2.84 bits per heavy atom. The molecule has 2 nitrogen and oxygen atoms in total. The number of pyridine rings is 1. The SMILES string of the molecule is CCNc1ccnc(-c2cccc(C3CCC3)c2)c1. The molecule has 1 N–H and O–H groups in total. The van der Waals surface area contributed by atoms with E-state index < -0.39 is 0 Å². The quantitative estimate of drug-likeness (QED) is 0.869. The Morgan fingerprint density at radius 2 is 2.11 bits per heavy atom. The van der Waals surface area contributed by atoms with Gasteiger partial charge in [-0.15, -0.1) is 0 Å². The molecule has 0 atom stereocenters. The molecule has 1 aromatic heterocycles. The highest BCUT2D eigenvalue weighted by atomic mass is 14.9. The van der Waals surface area contributed by atoms with Crippen LogP contribution in [0, 0.1) is 0 Å². The Kier molecular flexibility index (Phi) is 3.49. The van der Waals surface area contributed by atoms with Crippen molar-refractivity contribution in [2.45, 2.75) is 32.1 Å². The van der Waals surface area contributed by atoms with Crippen LogP contribution in [0.5, 0.6) is 0 Å². The zero-order chi connectivity index (χ0) is 13.1. The number of anilines is 1. The number of benzene rings is 1. The van der Waals surface area contributed by atoms with Crippen LogP contribution in [0.2, 0.25) is 0 Å². The molecule has 0 spiro atoms. The summed E-state index contributed by atoms with van der Waals surface area (Å²) in [6.45, 7) is 3.04. The third kappa shape index (κ3) is 2.62. The second-order valence-corrected chi connectivity index (χ2v) is 5.21. The third-order valence-corrected chi connectivity index (χ3v) is 3.90. The van der Waals surface area contributed by atoms with Crippen molar-refractivity contribution in [3.63, 3.8) is 0 Å². The molecule has 1 saturated carbocycles. The van der Waals surface area contributed by atoms with Gasteiger partial charge in [0.1, 0.15) is 0 Å². The van der Waals surface area contributed by atoms with E-state index in [2.05, 4.69) is 47.6 Å². The summed E-state index contributed by atoms with van der Waals surface area (Å²) in [5, 5.41) is 3.34. The minimum Gasteiger partial charge on any atom is -0.385 e. The van der Waals surface area contributed by atoms with Gasteiger partial charge in [0, 0.05) is 24.0 Å². The second kappa shape index (κ2) is 5.43. The first-order chi connectivity index (χ1) is 9.36. The van der Waals surface area contributed by atoms with Crippen LogP contribution in [-0.2, 0) is 0 Å². The van der Waals surface area contributed by atoms with Crippen molar-refractivity contribution in [3.8, 4) is 11.3 Å². The molecule has 0 unspecified atom stereocenters. The minimum atomic E-state index is 0.775. The maximum absolute atomic E-state index is 4.50. The van der Waals surface area contributed by atoms with Gasteiger partial charge in [0.15, 0.2) is 0 Å². The highest BCUT2D eigenvalue weighted by Gasteiger charge is 2.19. The predicted molar refractivity (Wildman–Crippen MR) is 80.4 cm³/mol. The van der Waals surface area contributed by atoms with Crippen molar-refractivity contribution < 1.29 is 0 Å². The van der Waals surface area contributed by atoms with Crippen LogP contribution in [0.3, 0.4) is 0 Å². The first-order valence-electron chi connectivity index (χ1n) is 7.17. The minimum absolute atomic E-state index is 0.775. The number of rotatable bonds is 4. The molecule has 0 bridgehead atoms. The Bertz CT molecular complexity index is 559. The first kappa shape index (κ1) is 12.2. The van der Waals surface area contributed by atoms with E-state index in [1.165, 1.54) is 30.4 Å². The molecule has 3 rings (SSSR count). The van der Waals surface area contributed by atoms with Crippen LogP contribution in [0.15, 0.2) is 42.6 Å². The molecule has 0 saturated heterocycles. The summed E-state index contributed by atoms with van der Waals surface area (Å²) in [5.41, 5.74) is 4.89. The third-order valence-electron chi connectivity index (χ3n) is 3.90. The molecule has 0 radical (unpaired) electrons. The molecular weight excluding hydrogens is 232 g/mol. The van der Waals surface area contributed by atoms with Crippen LogP contribution in [0.1, 0.15) is 37.7 Å². The summed E-state index contributed by atoms with van der Waals surface area (Å²) in [5.74, 6) is 0.775. The molecular formula is C17H20N2. The zero-order valence-electron chi connectivity index (χ0n) is 11.4. The molecule has 0 amide bonds. The van der Waals surface area contributed by atoms with Crippen molar-refractivity contribution in [3.05, 3.63) is 48.2 Å². The van der Waals surface area contributed by atoms with E-state index in [0.29, 0.717) is 0 Å². The van der Waals surface area contributed by atoms with E-state index in [1.54, 1.807) is 0 Å². The van der Waals surface area contributed by atoms with Crippen LogP contribution in [-0.4, -0.2) is 11.5 Å². The fraction of sp³-hybridized carbons (Fsp3) is 0.353. The lowest BCUT2D eigenvalue weighted by atomic mass is 9.79. The lowest BCUT2D eigenvalue weighted by Gasteiger charge is -2.26. The van der Waals surface area contributed by atoms with Gasteiger partial charge in [-0.2, -0.15) is 0 Å². The number of hydrogen-bond acceptors (Lipinski definition) is 2. The lowest BCUT2D eigenvalue weighted by molar-refractivity contribution is 0.420. The lowest BCUT2D eigenvalue weighted by Crippen LogP contribution is -2.08. The van der Waals surface area contributed by atoms with Crippen molar-refractivity contribution in [2.24, 2.45) is 0 Å². The average molecular weight is 252 g/mol. The second-order valence-electron chi connectivity index (χ2n) is 5.21. The van der Waals surface area contributed by atoms with Crippen molar-refractivity contribution >= 4 is 5.69 Å². The van der Waals surface area contributed by atoms with E-state index in [9.17, 15) is 0 Å².